The van der Waals surface area contributed by atoms with Crippen LogP contribution < -0.4 is 10.6 Å². The Balaban J connectivity index is 1.33. The van der Waals surface area contributed by atoms with Gasteiger partial charge >= 0.3 is 6.03 Å². The van der Waals surface area contributed by atoms with Crippen molar-refractivity contribution in [2.75, 3.05) is 19.6 Å². The van der Waals surface area contributed by atoms with Crippen molar-refractivity contribution in [3.8, 4) is 0 Å². The number of rotatable bonds is 6. The topological polar surface area (TPSA) is 44.4 Å². The van der Waals surface area contributed by atoms with Gasteiger partial charge in [0.15, 0.2) is 0 Å². The summed E-state index contributed by atoms with van der Waals surface area (Å²) < 4.78 is 0. The predicted octanol–water partition coefficient (Wildman–Crippen LogP) is 3.50. The average molecular weight is 351 g/mol. The van der Waals surface area contributed by atoms with Crippen LogP contribution in [0.2, 0.25) is 0 Å². The number of carbonyl (C=O) groups is 1. The molecule has 0 radical (unpaired) electrons. The van der Waals surface area contributed by atoms with Gasteiger partial charge in [-0.05, 0) is 37.3 Å². The first kappa shape index (κ1) is 18.5. The zero-order chi connectivity index (χ0) is 18.2. The third-order valence-corrected chi connectivity index (χ3v) is 4.95. The number of urea groups is 1. The van der Waals surface area contributed by atoms with Gasteiger partial charge in [0.05, 0.1) is 0 Å². The minimum Gasteiger partial charge on any atom is -0.338 e. The van der Waals surface area contributed by atoms with Crippen molar-refractivity contribution in [1.29, 1.82) is 0 Å². The van der Waals surface area contributed by atoms with E-state index in [-0.39, 0.29) is 12.1 Å². The van der Waals surface area contributed by atoms with Crippen LogP contribution in [-0.2, 0) is 13.0 Å². The van der Waals surface area contributed by atoms with Crippen molar-refractivity contribution in [3.63, 3.8) is 0 Å². The van der Waals surface area contributed by atoms with Crippen LogP contribution in [0.5, 0.6) is 0 Å². The lowest BCUT2D eigenvalue weighted by molar-refractivity contribution is 0.186. The number of benzene rings is 2. The highest BCUT2D eigenvalue weighted by Crippen LogP contribution is 2.13. The molecule has 1 aliphatic rings. The van der Waals surface area contributed by atoms with Gasteiger partial charge in [0.25, 0.3) is 0 Å². The van der Waals surface area contributed by atoms with Gasteiger partial charge in [0.2, 0.25) is 0 Å². The number of aryl methyl sites for hydroxylation is 1. The Hall–Kier alpha value is -2.33. The molecule has 0 aliphatic carbocycles. The van der Waals surface area contributed by atoms with Gasteiger partial charge in [-0.1, -0.05) is 60.2 Å². The van der Waals surface area contributed by atoms with Crippen molar-refractivity contribution >= 4 is 6.03 Å². The molecule has 3 rings (SSSR count). The highest BCUT2D eigenvalue weighted by molar-refractivity contribution is 5.74. The molecule has 1 saturated heterocycles. The third kappa shape index (κ3) is 5.88. The molecule has 1 fully saturated rings. The zero-order valence-electron chi connectivity index (χ0n) is 15.6. The first-order chi connectivity index (χ1) is 12.7. The van der Waals surface area contributed by atoms with Gasteiger partial charge in [-0.15, -0.1) is 0 Å². The Morgan fingerprint density at radius 2 is 1.77 bits per heavy atom. The summed E-state index contributed by atoms with van der Waals surface area (Å²) in [5, 5.41) is 6.11. The Kier molecular flexibility index (Phi) is 6.67. The van der Waals surface area contributed by atoms with Crippen LogP contribution in [-0.4, -0.2) is 36.6 Å². The molecule has 2 N–H and O–H groups in total. The normalized spacial score (nSPS) is 15.6. The van der Waals surface area contributed by atoms with Crippen molar-refractivity contribution in [1.82, 2.24) is 15.5 Å². The summed E-state index contributed by atoms with van der Waals surface area (Å²) in [6.45, 7) is 5.82. The minimum atomic E-state index is -0.0424. The Morgan fingerprint density at radius 1 is 1.04 bits per heavy atom. The number of nitrogens with zero attached hydrogens (tertiary/aromatic N) is 1. The van der Waals surface area contributed by atoms with E-state index < -0.39 is 0 Å². The Bertz CT molecular complexity index is 694. The van der Waals surface area contributed by atoms with Gasteiger partial charge in [-0.25, -0.2) is 4.79 Å². The highest BCUT2D eigenvalue weighted by Gasteiger charge is 2.20. The van der Waals surface area contributed by atoms with Crippen LogP contribution in [0.25, 0.3) is 0 Å². The number of carbonyl (C=O) groups excluding carboxylic acids is 1. The SMILES string of the molecule is Cc1cccc(CCNC(=O)NC2CCN(Cc3ccccc3)CC2)c1. The Labute approximate surface area is 156 Å². The lowest BCUT2D eigenvalue weighted by Crippen LogP contribution is -2.48. The van der Waals surface area contributed by atoms with Crippen LogP contribution in [0, 0.1) is 6.92 Å². The molecule has 0 spiro atoms. The molecule has 0 bridgehead atoms. The molecule has 1 aliphatic heterocycles. The number of hydrogen-bond donors (Lipinski definition) is 2. The van der Waals surface area contributed by atoms with E-state index in [0.29, 0.717) is 6.54 Å². The van der Waals surface area contributed by atoms with E-state index in [2.05, 4.69) is 77.1 Å². The molecule has 0 atom stereocenters. The summed E-state index contributed by atoms with van der Waals surface area (Å²) in [4.78, 5) is 14.6. The second-order valence-corrected chi connectivity index (χ2v) is 7.18. The van der Waals surface area contributed by atoms with Gasteiger partial charge < -0.3 is 10.6 Å². The number of nitrogens with one attached hydrogen (secondary N) is 2. The van der Waals surface area contributed by atoms with E-state index in [9.17, 15) is 4.79 Å². The standard InChI is InChI=1S/C22H29N3O/c1-18-6-5-9-19(16-18)10-13-23-22(26)24-21-11-14-25(15-12-21)17-20-7-3-2-4-8-20/h2-9,16,21H,10-15,17H2,1H3,(H2,23,24,26). The van der Waals surface area contributed by atoms with E-state index in [0.717, 1.165) is 38.9 Å². The molecule has 4 nitrogen and oxygen atoms in total. The second kappa shape index (κ2) is 9.39. The largest absolute Gasteiger partial charge is 0.338 e. The summed E-state index contributed by atoms with van der Waals surface area (Å²) in [7, 11) is 0. The van der Waals surface area contributed by atoms with Crippen molar-refractivity contribution in [2.45, 2.75) is 38.8 Å². The van der Waals surface area contributed by atoms with Crippen molar-refractivity contribution in [2.24, 2.45) is 0 Å². The van der Waals surface area contributed by atoms with Crippen molar-refractivity contribution in [3.05, 3.63) is 71.3 Å². The predicted molar refractivity (Wildman–Crippen MR) is 106 cm³/mol. The van der Waals surface area contributed by atoms with Gasteiger partial charge in [0.1, 0.15) is 0 Å². The summed E-state index contributed by atoms with van der Waals surface area (Å²) in [5.74, 6) is 0. The minimum absolute atomic E-state index is 0.0424. The maximum atomic E-state index is 12.1. The molecular weight excluding hydrogens is 322 g/mol. The van der Waals surface area contributed by atoms with Gasteiger partial charge in [-0.2, -0.15) is 0 Å². The second-order valence-electron chi connectivity index (χ2n) is 7.18. The zero-order valence-corrected chi connectivity index (χ0v) is 15.6. The van der Waals surface area contributed by atoms with Crippen LogP contribution in [0.4, 0.5) is 4.79 Å². The molecule has 0 unspecified atom stereocenters. The number of piperidine rings is 1. The summed E-state index contributed by atoms with van der Waals surface area (Å²) in [5.41, 5.74) is 3.88. The fourth-order valence-corrected chi connectivity index (χ4v) is 3.50. The van der Waals surface area contributed by atoms with E-state index in [1.807, 2.05) is 0 Å². The monoisotopic (exact) mass is 351 g/mol. The highest BCUT2D eigenvalue weighted by atomic mass is 16.2. The molecular formula is C22H29N3O. The third-order valence-electron chi connectivity index (χ3n) is 4.95. The lowest BCUT2D eigenvalue weighted by Gasteiger charge is -2.32. The van der Waals surface area contributed by atoms with Crippen LogP contribution in [0.3, 0.4) is 0 Å². The smallest absolute Gasteiger partial charge is 0.315 e. The molecule has 0 aromatic heterocycles. The molecule has 2 aromatic rings. The van der Waals surface area contributed by atoms with E-state index in [4.69, 9.17) is 0 Å². The quantitative estimate of drug-likeness (QED) is 0.837. The Morgan fingerprint density at radius 3 is 2.50 bits per heavy atom. The molecule has 2 amide bonds. The number of likely N-dealkylation sites (tertiary alicyclic amines) is 1. The van der Waals surface area contributed by atoms with E-state index in [1.165, 1.54) is 16.7 Å². The fourth-order valence-electron chi connectivity index (χ4n) is 3.50. The van der Waals surface area contributed by atoms with Gasteiger partial charge in [0, 0.05) is 32.2 Å². The first-order valence-electron chi connectivity index (χ1n) is 9.55. The molecule has 0 saturated carbocycles. The molecule has 26 heavy (non-hydrogen) atoms. The first-order valence-corrected chi connectivity index (χ1v) is 9.55. The molecule has 1 heterocycles. The summed E-state index contributed by atoms with van der Waals surface area (Å²) >= 11 is 0. The molecule has 2 aromatic carbocycles. The lowest BCUT2D eigenvalue weighted by atomic mass is 10.0. The molecule has 138 valence electrons. The van der Waals surface area contributed by atoms with Crippen LogP contribution in [0.15, 0.2) is 54.6 Å². The maximum absolute atomic E-state index is 12.1. The fraction of sp³-hybridized carbons (Fsp3) is 0.409. The van der Waals surface area contributed by atoms with Crippen molar-refractivity contribution < 1.29 is 4.79 Å². The maximum Gasteiger partial charge on any atom is 0.315 e. The van der Waals surface area contributed by atoms with Crippen LogP contribution in [0.1, 0.15) is 29.5 Å². The average Bonchev–Trinajstić information content (AvgIpc) is 2.64. The van der Waals surface area contributed by atoms with E-state index in [1.54, 1.807) is 0 Å². The summed E-state index contributed by atoms with van der Waals surface area (Å²) in [6.07, 6.45) is 2.89. The van der Waals surface area contributed by atoms with E-state index >= 15 is 0 Å². The number of hydrogen-bond acceptors (Lipinski definition) is 2. The van der Waals surface area contributed by atoms with Gasteiger partial charge in [-0.3, -0.25) is 4.90 Å². The van der Waals surface area contributed by atoms with Crippen LogP contribution >= 0.6 is 0 Å². The number of amides is 2. The molecule has 4 heteroatoms. The summed E-state index contributed by atoms with van der Waals surface area (Å²) in [6, 6.07) is 19.2.